The Bertz CT molecular complexity index is 570. The summed E-state index contributed by atoms with van der Waals surface area (Å²) in [5.41, 5.74) is 2.89. The first kappa shape index (κ1) is 14.3. The van der Waals surface area contributed by atoms with E-state index in [-0.39, 0.29) is 6.61 Å². The smallest absolute Gasteiger partial charge is 0.151 e. The van der Waals surface area contributed by atoms with Gasteiger partial charge in [0.05, 0.1) is 19.4 Å². The highest BCUT2D eigenvalue weighted by molar-refractivity contribution is 5.62. The molecule has 5 heteroatoms. The van der Waals surface area contributed by atoms with E-state index in [2.05, 4.69) is 10.2 Å². The number of anilines is 1. The molecule has 0 aliphatic heterocycles. The number of benzene rings is 1. The second-order valence-electron chi connectivity index (χ2n) is 4.61. The maximum absolute atomic E-state index is 8.91. The SMILES string of the molecule is COc1ccc(-c2ccc(N(C)CCO)nn2)cc1C. The summed E-state index contributed by atoms with van der Waals surface area (Å²) in [4.78, 5) is 1.86. The first-order valence-corrected chi connectivity index (χ1v) is 6.46. The molecule has 2 aromatic rings. The average molecular weight is 273 g/mol. The number of aromatic nitrogens is 2. The summed E-state index contributed by atoms with van der Waals surface area (Å²) in [5, 5.41) is 17.3. The Balaban J connectivity index is 2.23. The Kier molecular flexibility index (Phi) is 4.53. The number of aliphatic hydroxyl groups excluding tert-OH is 1. The van der Waals surface area contributed by atoms with Crippen molar-refractivity contribution in [2.24, 2.45) is 0 Å². The Hall–Kier alpha value is -2.14. The Labute approximate surface area is 118 Å². The summed E-state index contributed by atoms with van der Waals surface area (Å²) in [6.07, 6.45) is 0. The van der Waals surface area contributed by atoms with Gasteiger partial charge in [0.1, 0.15) is 5.75 Å². The molecule has 1 aromatic heterocycles. The van der Waals surface area contributed by atoms with Gasteiger partial charge < -0.3 is 14.7 Å². The predicted octanol–water partition coefficient (Wildman–Crippen LogP) is 1.89. The lowest BCUT2D eigenvalue weighted by Crippen LogP contribution is -2.22. The number of nitrogens with zero attached hydrogens (tertiary/aromatic N) is 3. The van der Waals surface area contributed by atoms with E-state index < -0.39 is 0 Å². The van der Waals surface area contributed by atoms with Crippen LogP contribution < -0.4 is 9.64 Å². The third kappa shape index (κ3) is 3.05. The van der Waals surface area contributed by atoms with Crippen molar-refractivity contribution >= 4 is 5.82 Å². The van der Waals surface area contributed by atoms with Crippen LogP contribution >= 0.6 is 0 Å². The van der Waals surface area contributed by atoms with Crippen LogP contribution in [-0.2, 0) is 0 Å². The second-order valence-corrected chi connectivity index (χ2v) is 4.61. The van der Waals surface area contributed by atoms with Crippen molar-refractivity contribution < 1.29 is 9.84 Å². The van der Waals surface area contributed by atoms with Crippen molar-refractivity contribution in [1.29, 1.82) is 0 Å². The van der Waals surface area contributed by atoms with Crippen LogP contribution in [0.5, 0.6) is 5.75 Å². The van der Waals surface area contributed by atoms with Crippen molar-refractivity contribution in [3.8, 4) is 17.0 Å². The maximum atomic E-state index is 8.91. The minimum Gasteiger partial charge on any atom is -0.496 e. The molecule has 0 saturated carbocycles. The molecule has 0 bridgehead atoms. The summed E-state index contributed by atoms with van der Waals surface area (Å²) in [7, 11) is 3.53. The van der Waals surface area contributed by atoms with Crippen LogP contribution in [0.3, 0.4) is 0 Å². The van der Waals surface area contributed by atoms with E-state index in [9.17, 15) is 0 Å². The van der Waals surface area contributed by atoms with Gasteiger partial charge in [0.2, 0.25) is 0 Å². The second kappa shape index (κ2) is 6.34. The minimum atomic E-state index is 0.0948. The van der Waals surface area contributed by atoms with E-state index in [1.165, 1.54) is 0 Å². The zero-order valence-electron chi connectivity index (χ0n) is 12.0. The van der Waals surface area contributed by atoms with Crippen molar-refractivity contribution in [2.75, 3.05) is 32.2 Å². The van der Waals surface area contributed by atoms with E-state index in [0.29, 0.717) is 6.54 Å². The monoisotopic (exact) mass is 273 g/mol. The molecule has 2 rings (SSSR count). The lowest BCUT2D eigenvalue weighted by molar-refractivity contribution is 0.303. The van der Waals surface area contributed by atoms with Gasteiger partial charge in [0, 0.05) is 19.2 Å². The van der Waals surface area contributed by atoms with E-state index in [1.807, 2.05) is 49.2 Å². The fraction of sp³-hybridized carbons (Fsp3) is 0.333. The molecule has 20 heavy (non-hydrogen) atoms. The number of ether oxygens (including phenoxy) is 1. The number of aryl methyl sites for hydroxylation is 1. The largest absolute Gasteiger partial charge is 0.496 e. The van der Waals surface area contributed by atoms with E-state index in [1.54, 1.807) is 7.11 Å². The standard InChI is InChI=1S/C15H19N3O2/c1-11-10-12(4-6-14(11)20-3)13-5-7-15(17-16-13)18(2)8-9-19/h4-7,10,19H,8-9H2,1-3H3. The van der Waals surface area contributed by atoms with Gasteiger partial charge in [-0.2, -0.15) is 0 Å². The summed E-state index contributed by atoms with van der Waals surface area (Å²) >= 11 is 0. The molecule has 0 atom stereocenters. The fourth-order valence-electron chi connectivity index (χ4n) is 1.99. The summed E-state index contributed by atoms with van der Waals surface area (Å²) in [6, 6.07) is 9.75. The molecular weight excluding hydrogens is 254 g/mol. The molecular formula is C15H19N3O2. The molecule has 0 spiro atoms. The highest BCUT2D eigenvalue weighted by atomic mass is 16.5. The van der Waals surface area contributed by atoms with Gasteiger partial charge in [0.25, 0.3) is 0 Å². The van der Waals surface area contributed by atoms with Crippen LogP contribution in [0.15, 0.2) is 30.3 Å². The number of hydrogen-bond donors (Lipinski definition) is 1. The van der Waals surface area contributed by atoms with Crippen LogP contribution in [0.2, 0.25) is 0 Å². The number of methoxy groups -OCH3 is 1. The molecule has 106 valence electrons. The molecule has 0 fully saturated rings. The van der Waals surface area contributed by atoms with E-state index >= 15 is 0 Å². The fourth-order valence-corrected chi connectivity index (χ4v) is 1.99. The van der Waals surface area contributed by atoms with E-state index in [4.69, 9.17) is 9.84 Å². The number of hydrogen-bond acceptors (Lipinski definition) is 5. The summed E-state index contributed by atoms with van der Waals surface area (Å²) in [5.74, 6) is 1.61. The summed E-state index contributed by atoms with van der Waals surface area (Å²) < 4.78 is 5.25. The van der Waals surface area contributed by atoms with Crippen LogP contribution in [-0.4, -0.2) is 42.6 Å². The van der Waals surface area contributed by atoms with Crippen molar-refractivity contribution in [3.05, 3.63) is 35.9 Å². The maximum Gasteiger partial charge on any atom is 0.151 e. The first-order chi connectivity index (χ1) is 9.65. The number of aliphatic hydroxyl groups is 1. The molecule has 0 amide bonds. The zero-order chi connectivity index (χ0) is 14.5. The van der Waals surface area contributed by atoms with E-state index in [0.717, 1.165) is 28.4 Å². The van der Waals surface area contributed by atoms with Gasteiger partial charge in [-0.3, -0.25) is 0 Å². The van der Waals surface area contributed by atoms with Gasteiger partial charge in [-0.1, -0.05) is 0 Å². The quantitative estimate of drug-likeness (QED) is 0.901. The Morgan fingerprint density at radius 3 is 2.55 bits per heavy atom. The third-order valence-corrected chi connectivity index (χ3v) is 3.17. The molecule has 5 nitrogen and oxygen atoms in total. The van der Waals surface area contributed by atoms with Gasteiger partial charge in [-0.25, -0.2) is 0 Å². The molecule has 0 saturated heterocycles. The molecule has 0 aliphatic carbocycles. The molecule has 0 aliphatic rings. The van der Waals surface area contributed by atoms with Gasteiger partial charge >= 0.3 is 0 Å². The predicted molar refractivity (Wildman–Crippen MR) is 79.1 cm³/mol. The van der Waals surface area contributed by atoms with Crippen LogP contribution in [0, 0.1) is 6.92 Å². The molecule has 0 radical (unpaired) electrons. The van der Waals surface area contributed by atoms with Crippen LogP contribution in [0.4, 0.5) is 5.82 Å². The van der Waals surface area contributed by atoms with Gasteiger partial charge in [-0.05, 0) is 42.8 Å². The van der Waals surface area contributed by atoms with Crippen LogP contribution in [0.1, 0.15) is 5.56 Å². The summed E-state index contributed by atoms with van der Waals surface area (Å²) in [6.45, 7) is 2.63. The average Bonchev–Trinajstić information content (AvgIpc) is 2.47. The first-order valence-electron chi connectivity index (χ1n) is 6.46. The van der Waals surface area contributed by atoms with Crippen molar-refractivity contribution in [2.45, 2.75) is 6.92 Å². The number of rotatable bonds is 5. The van der Waals surface area contributed by atoms with Gasteiger partial charge in [0.15, 0.2) is 5.82 Å². The lowest BCUT2D eigenvalue weighted by atomic mass is 10.1. The normalized spacial score (nSPS) is 10.4. The molecule has 1 heterocycles. The Morgan fingerprint density at radius 2 is 2.00 bits per heavy atom. The number of likely N-dealkylation sites (N-methyl/N-ethyl adjacent to an activating group) is 1. The topological polar surface area (TPSA) is 58.5 Å². The van der Waals surface area contributed by atoms with Crippen molar-refractivity contribution in [1.82, 2.24) is 10.2 Å². The molecule has 1 aromatic carbocycles. The highest BCUT2D eigenvalue weighted by Crippen LogP contribution is 2.25. The Morgan fingerprint density at radius 1 is 1.20 bits per heavy atom. The van der Waals surface area contributed by atoms with Crippen molar-refractivity contribution in [3.63, 3.8) is 0 Å². The molecule has 1 N–H and O–H groups in total. The zero-order valence-corrected chi connectivity index (χ0v) is 12.0. The lowest BCUT2D eigenvalue weighted by Gasteiger charge is -2.15. The van der Waals surface area contributed by atoms with Gasteiger partial charge in [-0.15, -0.1) is 10.2 Å². The minimum absolute atomic E-state index is 0.0948. The highest BCUT2D eigenvalue weighted by Gasteiger charge is 2.06. The molecule has 0 unspecified atom stereocenters. The third-order valence-electron chi connectivity index (χ3n) is 3.17. The van der Waals surface area contributed by atoms with Crippen LogP contribution in [0.25, 0.3) is 11.3 Å².